The van der Waals surface area contributed by atoms with Gasteiger partial charge in [-0.15, -0.1) is 0 Å². The Hall–Kier alpha value is -2.50. The molecule has 2 aromatic carbocycles. The molecule has 0 radical (unpaired) electrons. The van der Waals surface area contributed by atoms with Crippen molar-refractivity contribution >= 4 is 28.5 Å². The van der Waals surface area contributed by atoms with Crippen LogP contribution in [-0.2, 0) is 6.54 Å². The Bertz CT molecular complexity index is 1010. The van der Waals surface area contributed by atoms with Gasteiger partial charge in [-0.2, -0.15) is 0 Å². The standard InChI is InChI=1S/C23H25ClN2O3/c1-16-22(20-14-19(28-2)8-9-21(20)29-16)23(27)26-11-3-10-25(12-13-26)15-17-4-6-18(24)7-5-17/h4-9,14H,3,10-13,15H2,1-2H3. The summed E-state index contributed by atoms with van der Waals surface area (Å²) in [6, 6.07) is 13.5. The number of carbonyl (C=O) groups is 1. The van der Waals surface area contributed by atoms with Crippen molar-refractivity contribution < 1.29 is 13.9 Å². The van der Waals surface area contributed by atoms with Crippen LogP contribution < -0.4 is 4.74 Å². The van der Waals surface area contributed by atoms with Crippen molar-refractivity contribution in [3.8, 4) is 5.75 Å². The van der Waals surface area contributed by atoms with E-state index in [0.717, 1.165) is 48.8 Å². The summed E-state index contributed by atoms with van der Waals surface area (Å²) in [6.07, 6.45) is 0.942. The molecule has 1 amide bonds. The highest BCUT2D eigenvalue weighted by Crippen LogP contribution is 2.30. The van der Waals surface area contributed by atoms with Gasteiger partial charge in [-0.05, 0) is 49.2 Å². The Morgan fingerprint density at radius 3 is 2.66 bits per heavy atom. The number of carbonyl (C=O) groups excluding carboxylic acids is 1. The van der Waals surface area contributed by atoms with Crippen molar-refractivity contribution in [2.45, 2.75) is 19.9 Å². The summed E-state index contributed by atoms with van der Waals surface area (Å²) in [7, 11) is 1.62. The van der Waals surface area contributed by atoms with Gasteiger partial charge in [0, 0.05) is 43.1 Å². The second-order valence-electron chi connectivity index (χ2n) is 7.44. The minimum atomic E-state index is 0.0304. The lowest BCUT2D eigenvalue weighted by atomic mass is 10.1. The highest BCUT2D eigenvalue weighted by Gasteiger charge is 2.25. The Labute approximate surface area is 175 Å². The predicted octanol–water partition coefficient (Wildman–Crippen LogP) is 4.75. The SMILES string of the molecule is COc1ccc2oc(C)c(C(=O)N3CCCN(Cc4ccc(Cl)cc4)CC3)c2c1. The second-order valence-corrected chi connectivity index (χ2v) is 7.88. The van der Waals surface area contributed by atoms with Crippen LogP contribution in [-0.4, -0.2) is 49.0 Å². The van der Waals surface area contributed by atoms with Crippen molar-refractivity contribution in [1.82, 2.24) is 9.80 Å². The number of halogens is 1. The van der Waals surface area contributed by atoms with E-state index in [2.05, 4.69) is 17.0 Å². The lowest BCUT2D eigenvalue weighted by Gasteiger charge is -2.22. The first-order valence-corrected chi connectivity index (χ1v) is 10.3. The third-order valence-electron chi connectivity index (χ3n) is 5.48. The molecule has 1 aliphatic heterocycles. The Balaban J connectivity index is 1.49. The first-order chi connectivity index (χ1) is 14.0. The minimum absolute atomic E-state index is 0.0304. The van der Waals surface area contributed by atoms with Gasteiger partial charge in [0.1, 0.15) is 17.1 Å². The summed E-state index contributed by atoms with van der Waals surface area (Å²) < 4.78 is 11.2. The first kappa shape index (κ1) is 19.8. The summed E-state index contributed by atoms with van der Waals surface area (Å²) in [6.45, 7) is 5.96. The van der Waals surface area contributed by atoms with E-state index in [1.807, 2.05) is 42.2 Å². The molecule has 5 nitrogen and oxygen atoms in total. The molecule has 0 unspecified atom stereocenters. The van der Waals surface area contributed by atoms with E-state index in [1.54, 1.807) is 7.11 Å². The van der Waals surface area contributed by atoms with Crippen LogP contribution in [0.3, 0.4) is 0 Å². The van der Waals surface area contributed by atoms with Crippen LogP contribution in [0.4, 0.5) is 0 Å². The van der Waals surface area contributed by atoms with E-state index in [4.69, 9.17) is 20.8 Å². The van der Waals surface area contributed by atoms with E-state index < -0.39 is 0 Å². The van der Waals surface area contributed by atoms with Crippen molar-refractivity contribution in [2.75, 3.05) is 33.3 Å². The van der Waals surface area contributed by atoms with Gasteiger partial charge in [-0.1, -0.05) is 23.7 Å². The summed E-state index contributed by atoms with van der Waals surface area (Å²) in [4.78, 5) is 17.7. The van der Waals surface area contributed by atoms with E-state index in [-0.39, 0.29) is 5.91 Å². The molecular formula is C23H25ClN2O3. The maximum absolute atomic E-state index is 13.3. The average Bonchev–Trinajstić information content (AvgIpc) is 2.88. The van der Waals surface area contributed by atoms with Gasteiger partial charge in [0.15, 0.2) is 0 Å². The molecule has 0 atom stereocenters. The van der Waals surface area contributed by atoms with Crippen molar-refractivity contribution in [3.63, 3.8) is 0 Å². The molecule has 6 heteroatoms. The van der Waals surface area contributed by atoms with Gasteiger partial charge in [-0.3, -0.25) is 9.69 Å². The highest BCUT2D eigenvalue weighted by molar-refractivity contribution is 6.30. The quantitative estimate of drug-likeness (QED) is 0.620. The number of rotatable bonds is 4. The molecule has 1 fully saturated rings. The fraction of sp³-hybridized carbons (Fsp3) is 0.348. The number of hydrogen-bond donors (Lipinski definition) is 0. The molecule has 4 rings (SSSR count). The van der Waals surface area contributed by atoms with Crippen LogP contribution in [0.25, 0.3) is 11.0 Å². The topological polar surface area (TPSA) is 45.9 Å². The fourth-order valence-corrected chi connectivity index (χ4v) is 4.06. The van der Waals surface area contributed by atoms with Crippen LogP contribution in [0.15, 0.2) is 46.9 Å². The molecule has 1 aliphatic rings. The Morgan fingerprint density at radius 2 is 1.90 bits per heavy atom. The smallest absolute Gasteiger partial charge is 0.258 e. The Kier molecular flexibility index (Phi) is 5.79. The van der Waals surface area contributed by atoms with Crippen LogP contribution in [0.2, 0.25) is 5.02 Å². The van der Waals surface area contributed by atoms with Crippen molar-refractivity contribution in [3.05, 3.63) is 64.4 Å². The predicted molar refractivity (Wildman–Crippen MR) is 115 cm³/mol. The van der Waals surface area contributed by atoms with Gasteiger partial charge in [-0.25, -0.2) is 0 Å². The number of hydrogen-bond acceptors (Lipinski definition) is 4. The molecule has 0 bridgehead atoms. The van der Waals surface area contributed by atoms with E-state index in [1.165, 1.54) is 5.56 Å². The lowest BCUT2D eigenvalue weighted by Crippen LogP contribution is -2.35. The van der Waals surface area contributed by atoms with Gasteiger partial charge < -0.3 is 14.1 Å². The molecule has 152 valence electrons. The average molecular weight is 413 g/mol. The molecular weight excluding hydrogens is 388 g/mol. The fourth-order valence-electron chi connectivity index (χ4n) is 3.93. The van der Waals surface area contributed by atoms with Gasteiger partial charge >= 0.3 is 0 Å². The number of methoxy groups -OCH3 is 1. The van der Waals surface area contributed by atoms with Crippen LogP contribution in [0.1, 0.15) is 28.1 Å². The van der Waals surface area contributed by atoms with Crippen LogP contribution >= 0.6 is 11.6 Å². The number of benzene rings is 2. The summed E-state index contributed by atoms with van der Waals surface area (Å²) in [5.74, 6) is 1.40. The highest BCUT2D eigenvalue weighted by atomic mass is 35.5. The van der Waals surface area contributed by atoms with Gasteiger partial charge in [0.2, 0.25) is 0 Å². The lowest BCUT2D eigenvalue weighted by molar-refractivity contribution is 0.0761. The summed E-state index contributed by atoms with van der Waals surface area (Å²) in [5.41, 5.74) is 2.59. The maximum atomic E-state index is 13.3. The largest absolute Gasteiger partial charge is 0.497 e. The zero-order valence-corrected chi connectivity index (χ0v) is 17.5. The number of fused-ring (bicyclic) bond motifs is 1. The van der Waals surface area contributed by atoms with Gasteiger partial charge in [0.25, 0.3) is 5.91 Å². The third kappa shape index (κ3) is 4.26. The molecule has 3 aromatic rings. The molecule has 2 heterocycles. The summed E-state index contributed by atoms with van der Waals surface area (Å²) >= 11 is 5.98. The third-order valence-corrected chi connectivity index (χ3v) is 5.73. The molecule has 0 aliphatic carbocycles. The zero-order valence-electron chi connectivity index (χ0n) is 16.8. The Morgan fingerprint density at radius 1 is 1.10 bits per heavy atom. The monoisotopic (exact) mass is 412 g/mol. The minimum Gasteiger partial charge on any atom is -0.497 e. The van der Waals surface area contributed by atoms with Gasteiger partial charge in [0.05, 0.1) is 12.7 Å². The number of ether oxygens (including phenoxy) is 1. The number of amides is 1. The molecule has 29 heavy (non-hydrogen) atoms. The van der Waals surface area contributed by atoms with E-state index in [9.17, 15) is 4.79 Å². The summed E-state index contributed by atoms with van der Waals surface area (Å²) in [5, 5.41) is 1.56. The molecule has 0 saturated carbocycles. The first-order valence-electron chi connectivity index (χ1n) is 9.88. The number of furan rings is 1. The molecule has 1 aromatic heterocycles. The van der Waals surface area contributed by atoms with E-state index in [0.29, 0.717) is 23.5 Å². The zero-order chi connectivity index (χ0) is 20.4. The number of aryl methyl sites for hydroxylation is 1. The van der Waals surface area contributed by atoms with Crippen LogP contribution in [0.5, 0.6) is 5.75 Å². The van der Waals surface area contributed by atoms with Crippen molar-refractivity contribution in [1.29, 1.82) is 0 Å². The van der Waals surface area contributed by atoms with E-state index >= 15 is 0 Å². The molecule has 1 saturated heterocycles. The van der Waals surface area contributed by atoms with Crippen molar-refractivity contribution in [2.24, 2.45) is 0 Å². The number of nitrogens with zero attached hydrogens (tertiary/aromatic N) is 2. The maximum Gasteiger partial charge on any atom is 0.258 e. The molecule has 0 N–H and O–H groups in total. The van der Waals surface area contributed by atoms with Crippen LogP contribution in [0, 0.1) is 6.92 Å². The normalized spacial score (nSPS) is 15.5. The molecule has 0 spiro atoms. The second kappa shape index (κ2) is 8.47.